The van der Waals surface area contributed by atoms with Crippen LogP contribution in [0.25, 0.3) is 33.5 Å². The smallest absolute Gasteiger partial charge is 0.387 e. The van der Waals surface area contributed by atoms with Crippen molar-refractivity contribution in [2.45, 2.75) is 73.9 Å². The Kier molecular flexibility index (Phi) is 17.1. The van der Waals surface area contributed by atoms with Crippen molar-refractivity contribution in [3.63, 3.8) is 0 Å². The number of phosphoric ester groups is 3. The van der Waals surface area contributed by atoms with E-state index in [1.165, 1.54) is 27.1 Å². The van der Waals surface area contributed by atoms with Crippen LogP contribution >= 0.6 is 31.3 Å². The lowest BCUT2D eigenvalue weighted by molar-refractivity contribution is -0.745. The molecule has 16 atom stereocenters. The standard InChI is InChI=1S/C38H54N16O24P4/c1-50-15-54(31-22(50)33(59)49-38(41)47-31)34-23(55)16(3-4-51-5-7-69-8-6-51)17(73-34)9-71-80(62,63)77-82(66,67)78-81(64,65)72-11-19-26(27(68-2)36(75-19)52-13-44-20-28(39)42-12-43-29(20)52)76-79(60,61)70-10-18-24(56)25(57)35(74-18)53-14-45-21-30(53)46-37(40)48-32(21)58/h12-19,23-27,34-36,55-57H,3-11H2,1-2H3,(H11-,39,40,41,42,43,46,47,48,49,58,59,60,61,62,63,64,65,66,67)/p+1/t16-,17-,18-,19-,23-,24-,25-,26-,27-,34+,35-,36-/m1/s1. The molecule has 0 radical (unpaired) electrons. The number of nitrogens with two attached hydrogens (primary N) is 3. The second kappa shape index (κ2) is 23.3. The summed E-state index contributed by atoms with van der Waals surface area (Å²) in [5.41, 5.74) is 15.9. The highest BCUT2D eigenvalue weighted by Crippen LogP contribution is 2.68. The largest absolute Gasteiger partial charge is 0.490 e. The quantitative estimate of drug-likeness (QED) is 0.0230. The number of rotatable bonds is 22. The maximum Gasteiger partial charge on any atom is 0.490 e. The van der Waals surface area contributed by atoms with Crippen molar-refractivity contribution in [1.82, 2.24) is 58.5 Å². The third kappa shape index (κ3) is 12.5. The predicted octanol–water partition coefficient (Wildman–Crippen LogP) is -3.73. The number of aromatic amines is 2. The molecule has 0 amide bonds. The highest BCUT2D eigenvalue weighted by Gasteiger charge is 2.54. The van der Waals surface area contributed by atoms with E-state index in [1.807, 2.05) is 4.90 Å². The Morgan fingerprint density at radius 1 is 0.707 bits per heavy atom. The highest BCUT2D eigenvalue weighted by molar-refractivity contribution is 7.66. The Morgan fingerprint density at radius 3 is 2.01 bits per heavy atom. The van der Waals surface area contributed by atoms with Gasteiger partial charge in [0, 0.05) is 26.1 Å². The first kappa shape index (κ1) is 60.0. The number of aliphatic hydroxyl groups is 3. The number of anilines is 3. The summed E-state index contributed by atoms with van der Waals surface area (Å²) in [4.78, 5) is 99.3. The summed E-state index contributed by atoms with van der Waals surface area (Å²) in [6, 6.07) is 0. The van der Waals surface area contributed by atoms with E-state index in [4.69, 9.17) is 59.0 Å². The Hall–Kier alpha value is -5.19. The van der Waals surface area contributed by atoms with E-state index in [2.05, 4.69) is 48.5 Å². The molecule has 4 aliphatic heterocycles. The third-order valence-corrected chi connectivity index (χ3v) is 18.9. The Bertz CT molecular complexity index is 3660. The molecule has 4 aliphatic rings. The molecule has 40 nitrogen and oxygen atoms in total. The number of methoxy groups -OCH3 is 1. The molecule has 0 aliphatic carbocycles. The molecule has 0 aromatic carbocycles. The summed E-state index contributed by atoms with van der Waals surface area (Å²) in [7, 11) is -20.8. The van der Waals surface area contributed by atoms with Gasteiger partial charge >= 0.3 is 36.9 Å². The van der Waals surface area contributed by atoms with Crippen molar-refractivity contribution in [3.05, 3.63) is 46.0 Å². The summed E-state index contributed by atoms with van der Waals surface area (Å²) in [5.74, 6) is -1.52. The number of hydrogen-bond acceptors (Lipinski definition) is 30. The van der Waals surface area contributed by atoms with Crippen LogP contribution in [-0.2, 0) is 75.7 Å². The minimum atomic E-state index is -6.19. The van der Waals surface area contributed by atoms with E-state index in [9.17, 15) is 62.7 Å². The van der Waals surface area contributed by atoms with E-state index in [1.54, 1.807) is 0 Å². The lowest BCUT2D eigenvalue weighted by Crippen LogP contribution is -2.45. The first-order valence-electron chi connectivity index (χ1n) is 24.3. The lowest BCUT2D eigenvalue weighted by atomic mass is 9.94. The van der Waals surface area contributed by atoms with Crippen LogP contribution in [0.15, 0.2) is 34.9 Å². The molecule has 44 heteroatoms. The number of fused-ring (bicyclic) bond motifs is 3. The number of aromatic nitrogens is 12. The van der Waals surface area contributed by atoms with Crippen molar-refractivity contribution < 1.29 is 108 Å². The number of hydrogen-bond donors (Lipinski definition) is 12. The minimum Gasteiger partial charge on any atom is -0.387 e. The zero-order valence-electron chi connectivity index (χ0n) is 42.6. The second-order valence-electron chi connectivity index (χ2n) is 18.9. The van der Waals surface area contributed by atoms with Gasteiger partial charge in [-0.05, 0) is 13.0 Å². The van der Waals surface area contributed by atoms with E-state index in [0.29, 0.717) is 32.8 Å². The van der Waals surface area contributed by atoms with Crippen LogP contribution in [0.3, 0.4) is 0 Å². The van der Waals surface area contributed by atoms with Gasteiger partial charge in [0.2, 0.25) is 17.7 Å². The fourth-order valence-corrected chi connectivity index (χ4v) is 14.4. The topological polar surface area (TPSA) is 554 Å². The van der Waals surface area contributed by atoms with Crippen LogP contribution in [-0.4, -0.2) is 202 Å². The molecule has 10 rings (SSSR count). The van der Waals surface area contributed by atoms with Gasteiger partial charge in [-0.25, -0.2) is 42.8 Å². The van der Waals surface area contributed by atoms with Gasteiger partial charge in [0.25, 0.3) is 17.1 Å². The number of phosphoric acid groups is 4. The van der Waals surface area contributed by atoms with Crippen molar-refractivity contribution in [3.8, 4) is 0 Å². The monoisotopic (exact) mass is 1240 g/mol. The van der Waals surface area contributed by atoms with E-state index < -0.39 is 136 Å². The van der Waals surface area contributed by atoms with Crippen LogP contribution < -0.4 is 32.9 Å². The number of morpholine rings is 1. The Labute approximate surface area is 458 Å². The molecule has 4 saturated heterocycles. The molecular formula is C38H55N16O24P4+. The van der Waals surface area contributed by atoms with Crippen LogP contribution in [0.1, 0.15) is 25.1 Å². The van der Waals surface area contributed by atoms with Crippen LogP contribution in [0.4, 0.5) is 17.7 Å². The molecular weight excluding hydrogens is 1190 g/mol. The SMILES string of the molecule is CO[C@@H]1[C@H](OP(=O)(O)OC[C@H]2O[C@@H](n3cnc4c(=O)[nH]c(N)nc43)[C@H](O)[C@@H]2O)[C@@H](COP(=O)(O)OP(=O)(O)OP(=O)(O)OC[C@H]2O[C@H]([n+]3cn(C)c4c(=O)[nH]c(N)nc43)[C@H](O)[C@@H]2CCN2CCOCC2)O[C@H]1n1cnc2c(N)ncnc21. The molecule has 6 aromatic rings. The van der Waals surface area contributed by atoms with Crippen molar-refractivity contribution in [2.24, 2.45) is 13.0 Å². The molecule has 82 heavy (non-hydrogen) atoms. The number of nitrogens with zero attached hydrogens (tertiary/aromatic N) is 11. The van der Waals surface area contributed by atoms with Gasteiger partial charge in [-0.1, -0.05) is 4.98 Å². The molecule has 4 unspecified atom stereocenters. The van der Waals surface area contributed by atoms with E-state index in [0.717, 1.165) is 30.7 Å². The van der Waals surface area contributed by atoms with Crippen LogP contribution in [0.2, 0.25) is 0 Å². The third-order valence-electron chi connectivity index (χ3n) is 13.6. The minimum absolute atomic E-state index is 0.0132. The molecule has 4 fully saturated rings. The van der Waals surface area contributed by atoms with Crippen molar-refractivity contribution in [1.29, 1.82) is 0 Å². The number of nitrogens with one attached hydrogen (secondary N) is 2. The summed E-state index contributed by atoms with van der Waals surface area (Å²) in [6.45, 7) is -0.752. The summed E-state index contributed by atoms with van der Waals surface area (Å²) in [5, 5.41) is 33.5. The number of imidazole rings is 3. The van der Waals surface area contributed by atoms with Crippen LogP contribution in [0, 0.1) is 5.92 Å². The fourth-order valence-electron chi connectivity index (χ4n) is 9.89. The number of H-pyrrole nitrogens is 2. The number of nitrogen functional groups attached to an aromatic ring is 3. The maximum atomic E-state index is 13.8. The molecule has 6 aromatic heterocycles. The Balaban J connectivity index is 0.813. The van der Waals surface area contributed by atoms with Gasteiger partial charge in [-0.3, -0.25) is 56.3 Å². The van der Waals surface area contributed by atoms with Crippen molar-refractivity contribution >= 4 is 82.5 Å². The normalized spacial score (nSPS) is 30.3. The molecule has 0 saturated carbocycles. The maximum absolute atomic E-state index is 13.8. The summed E-state index contributed by atoms with van der Waals surface area (Å²) >= 11 is 0. The summed E-state index contributed by atoms with van der Waals surface area (Å²) in [6.07, 6.45) is -12.4. The molecule has 450 valence electrons. The van der Waals surface area contributed by atoms with Gasteiger partial charge in [-0.15, -0.1) is 0 Å². The zero-order chi connectivity index (χ0) is 58.8. The van der Waals surface area contributed by atoms with E-state index >= 15 is 0 Å². The lowest BCUT2D eigenvalue weighted by Gasteiger charge is -2.29. The number of aryl methyl sites for hydroxylation is 1. The molecule has 10 heterocycles. The first-order valence-corrected chi connectivity index (χ1v) is 30.3. The highest BCUT2D eigenvalue weighted by atomic mass is 31.3. The Morgan fingerprint density at radius 2 is 1.32 bits per heavy atom. The molecule has 0 bridgehead atoms. The average molecular weight is 1240 g/mol. The van der Waals surface area contributed by atoms with Gasteiger partial charge in [0.15, 0.2) is 41.4 Å². The van der Waals surface area contributed by atoms with Gasteiger partial charge in [0.1, 0.15) is 54.6 Å². The van der Waals surface area contributed by atoms with Gasteiger partial charge in [0.05, 0.1) is 58.8 Å². The van der Waals surface area contributed by atoms with Gasteiger partial charge < -0.3 is 75.8 Å². The molecule has 0 spiro atoms. The average Bonchev–Trinajstić information content (AvgIpc) is 3.91. The number of ether oxygens (including phenoxy) is 5. The first-order chi connectivity index (χ1) is 38.7. The number of aliphatic hydroxyl groups excluding tert-OH is 3. The zero-order valence-corrected chi connectivity index (χ0v) is 46.2. The predicted molar refractivity (Wildman–Crippen MR) is 268 cm³/mol. The second-order valence-corrected chi connectivity index (χ2v) is 24.9. The fraction of sp³-hybridized carbons (Fsp3) is 0.605. The molecule has 15 N–H and O–H groups in total. The van der Waals surface area contributed by atoms with Crippen molar-refractivity contribution in [2.75, 3.05) is 77.0 Å². The van der Waals surface area contributed by atoms with E-state index in [-0.39, 0.29) is 57.6 Å². The van der Waals surface area contributed by atoms with Gasteiger partial charge in [-0.2, -0.15) is 13.6 Å². The van der Waals surface area contributed by atoms with Crippen LogP contribution in [0.5, 0.6) is 0 Å². The summed E-state index contributed by atoms with van der Waals surface area (Å²) < 4.78 is 117.